The molecular formula is C48H28O3. The Morgan fingerprint density at radius 2 is 0.745 bits per heavy atom. The third-order valence-corrected chi connectivity index (χ3v) is 10.5. The standard InChI is InChI=1S/C48H28O3/c1-3-12-35-33(10-1)44(34-11-2-4-13-36(34)45(35)30-22-24-49-27-30)29-20-21-32-41-18-9-19-42(48(41)51-43(32)26-29)47-39-16-7-5-14-37(39)46(31-23-25-50-28-31)38-15-6-8-17-40(38)47/h1-28H. The van der Waals surface area contributed by atoms with Crippen molar-refractivity contribution >= 4 is 65.0 Å². The quantitative estimate of drug-likeness (QED) is 0.178. The van der Waals surface area contributed by atoms with Crippen LogP contribution >= 0.6 is 0 Å². The van der Waals surface area contributed by atoms with E-state index in [4.69, 9.17) is 13.3 Å². The minimum absolute atomic E-state index is 0.866. The summed E-state index contributed by atoms with van der Waals surface area (Å²) in [4.78, 5) is 0. The molecule has 3 nitrogen and oxygen atoms in total. The van der Waals surface area contributed by atoms with Gasteiger partial charge in [0.25, 0.3) is 0 Å². The Bertz CT molecular complexity index is 3010. The third-order valence-electron chi connectivity index (χ3n) is 10.5. The lowest BCUT2D eigenvalue weighted by Crippen LogP contribution is -1.90. The Labute approximate surface area is 292 Å². The van der Waals surface area contributed by atoms with Crippen molar-refractivity contribution in [3.8, 4) is 44.5 Å². The van der Waals surface area contributed by atoms with Crippen LogP contribution in [0.5, 0.6) is 0 Å². The fourth-order valence-electron chi connectivity index (χ4n) is 8.44. The number of rotatable bonds is 4. The summed E-state index contributed by atoms with van der Waals surface area (Å²) in [6.07, 6.45) is 7.16. The molecule has 0 amide bonds. The second-order valence-corrected chi connectivity index (χ2v) is 13.2. The summed E-state index contributed by atoms with van der Waals surface area (Å²) >= 11 is 0. The second-order valence-electron chi connectivity index (χ2n) is 13.2. The molecule has 0 N–H and O–H groups in total. The van der Waals surface area contributed by atoms with Crippen molar-refractivity contribution in [2.24, 2.45) is 0 Å². The van der Waals surface area contributed by atoms with Gasteiger partial charge in [-0.05, 0) is 78.5 Å². The molecule has 51 heavy (non-hydrogen) atoms. The first kappa shape index (κ1) is 28.0. The third kappa shape index (κ3) is 4.06. The predicted octanol–water partition coefficient (Wildman–Crippen LogP) is 14.1. The van der Waals surface area contributed by atoms with Gasteiger partial charge in [0, 0.05) is 44.2 Å². The van der Waals surface area contributed by atoms with Crippen molar-refractivity contribution < 1.29 is 13.3 Å². The average Bonchev–Trinajstić information content (AvgIpc) is 3.98. The minimum atomic E-state index is 0.866. The maximum Gasteiger partial charge on any atom is 0.143 e. The van der Waals surface area contributed by atoms with Crippen molar-refractivity contribution in [3.05, 3.63) is 171 Å². The van der Waals surface area contributed by atoms with Gasteiger partial charge in [0.15, 0.2) is 0 Å². The molecule has 11 aromatic rings. The van der Waals surface area contributed by atoms with E-state index in [1.54, 1.807) is 12.5 Å². The average molecular weight is 653 g/mol. The summed E-state index contributed by atoms with van der Waals surface area (Å²) in [5.41, 5.74) is 10.8. The topological polar surface area (TPSA) is 39.4 Å². The first-order chi connectivity index (χ1) is 25.3. The maximum atomic E-state index is 6.98. The molecule has 11 rings (SSSR count). The fraction of sp³-hybridized carbons (Fsp3) is 0. The van der Waals surface area contributed by atoms with Gasteiger partial charge < -0.3 is 13.3 Å². The molecule has 0 atom stereocenters. The summed E-state index contributed by atoms with van der Waals surface area (Å²) < 4.78 is 18.1. The van der Waals surface area contributed by atoms with E-state index in [0.717, 1.165) is 44.2 Å². The molecule has 0 saturated carbocycles. The van der Waals surface area contributed by atoms with Gasteiger partial charge in [-0.2, -0.15) is 0 Å². The second kappa shape index (κ2) is 10.8. The van der Waals surface area contributed by atoms with Crippen molar-refractivity contribution in [2.45, 2.75) is 0 Å². The lowest BCUT2D eigenvalue weighted by molar-refractivity contribution is 0.568. The highest BCUT2D eigenvalue weighted by Crippen LogP contribution is 2.48. The van der Waals surface area contributed by atoms with Crippen LogP contribution in [-0.2, 0) is 0 Å². The van der Waals surface area contributed by atoms with Crippen LogP contribution in [-0.4, -0.2) is 0 Å². The number of furan rings is 3. The molecule has 0 aliphatic rings. The SMILES string of the molecule is c1ccc2c(-c3ccc4c(c3)oc3c(-c5c6ccccc6c(-c6ccoc6)c6ccccc56)cccc34)c3ccccc3c(-c3ccoc3)c2c1. The lowest BCUT2D eigenvalue weighted by atomic mass is 9.86. The van der Waals surface area contributed by atoms with E-state index in [-0.39, 0.29) is 0 Å². The molecule has 238 valence electrons. The molecule has 0 fully saturated rings. The summed E-state index contributed by atoms with van der Waals surface area (Å²) in [5.74, 6) is 0. The Morgan fingerprint density at radius 3 is 1.20 bits per heavy atom. The van der Waals surface area contributed by atoms with Crippen molar-refractivity contribution in [1.82, 2.24) is 0 Å². The molecule has 0 unspecified atom stereocenters. The van der Waals surface area contributed by atoms with Crippen LogP contribution in [0.3, 0.4) is 0 Å². The van der Waals surface area contributed by atoms with Crippen LogP contribution in [0.15, 0.2) is 184 Å². The molecule has 0 radical (unpaired) electrons. The van der Waals surface area contributed by atoms with Crippen molar-refractivity contribution in [2.75, 3.05) is 0 Å². The van der Waals surface area contributed by atoms with Crippen LogP contribution in [0.1, 0.15) is 0 Å². The van der Waals surface area contributed by atoms with Crippen LogP contribution in [0.2, 0.25) is 0 Å². The predicted molar refractivity (Wildman–Crippen MR) is 210 cm³/mol. The summed E-state index contributed by atoms with van der Waals surface area (Å²) in [7, 11) is 0. The fourth-order valence-corrected chi connectivity index (χ4v) is 8.44. The van der Waals surface area contributed by atoms with E-state index in [0.29, 0.717) is 0 Å². The molecule has 0 bridgehead atoms. The van der Waals surface area contributed by atoms with Gasteiger partial charge in [0.05, 0.1) is 25.1 Å². The Balaban J connectivity index is 1.18. The van der Waals surface area contributed by atoms with Gasteiger partial charge in [0.2, 0.25) is 0 Å². The van der Waals surface area contributed by atoms with E-state index < -0.39 is 0 Å². The van der Waals surface area contributed by atoms with Gasteiger partial charge in [-0.25, -0.2) is 0 Å². The highest BCUT2D eigenvalue weighted by molar-refractivity contribution is 6.25. The van der Waals surface area contributed by atoms with Gasteiger partial charge in [-0.1, -0.05) is 121 Å². The van der Waals surface area contributed by atoms with Crippen molar-refractivity contribution in [1.29, 1.82) is 0 Å². The van der Waals surface area contributed by atoms with E-state index in [9.17, 15) is 0 Å². The number of para-hydroxylation sites is 1. The molecule has 0 spiro atoms. The summed E-state index contributed by atoms with van der Waals surface area (Å²) in [6, 6.07) is 52.0. The molecule has 3 heterocycles. The molecule has 3 aromatic heterocycles. The molecule has 0 aliphatic heterocycles. The number of hydrogen-bond acceptors (Lipinski definition) is 3. The monoisotopic (exact) mass is 652 g/mol. The lowest BCUT2D eigenvalue weighted by Gasteiger charge is -2.16. The molecular weight excluding hydrogens is 625 g/mol. The smallest absolute Gasteiger partial charge is 0.143 e. The number of fused-ring (bicyclic) bond motifs is 7. The van der Waals surface area contributed by atoms with Crippen molar-refractivity contribution in [3.63, 3.8) is 0 Å². The largest absolute Gasteiger partial charge is 0.472 e. The highest BCUT2D eigenvalue weighted by Gasteiger charge is 2.22. The van der Waals surface area contributed by atoms with Crippen LogP contribution in [0.4, 0.5) is 0 Å². The van der Waals surface area contributed by atoms with Gasteiger partial charge >= 0.3 is 0 Å². The first-order valence-corrected chi connectivity index (χ1v) is 17.2. The maximum absolute atomic E-state index is 6.98. The zero-order valence-corrected chi connectivity index (χ0v) is 27.4. The summed E-state index contributed by atoms with van der Waals surface area (Å²) in [6.45, 7) is 0. The molecule has 3 heteroatoms. The van der Waals surface area contributed by atoms with Gasteiger partial charge in [-0.3, -0.25) is 0 Å². The molecule has 0 aliphatic carbocycles. The van der Waals surface area contributed by atoms with E-state index in [2.05, 4.69) is 133 Å². The minimum Gasteiger partial charge on any atom is -0.472 e. The Morgan fingerprint density at radius 1 is 0.314 bits per heavy atom. The summed E-state index contributed by atoms with van der Waals surface area (Å²) in [5, 5.41) is 11.7. The zero-order chi connectivity index (χ0) is 33.5. The molecule has 8 aromatic carbocycles. The zero-order valence-electron chi connectivity index (χ0n) is 27.4. The Hall–Kier alpha value is -6.84. The van der Waals surface area contributed by atoms with E-state index >= 15 is 0 Å². The number of benzene rings is 8. The van der Waals surface area contributed by atoms with E-state index in [1.165, 1.54) is 65.3 Å². The van der Waals surface area contributed by atoms with Crippen LogP contribution < -0.4 is 0 Å². The first-order valence-electron chi connectivity index (χ1n) is 17.2. The Kier molecular flexibility index (Phi) is 5.96. The van der Waals surface area contributed by atoms with Gasteiger partial charge in [-0.15, -0.1) is 0 Å². The van der Waals surface area contributed by atoms with Crippen LogP contribution in [0, 0.1) is 0 Å². The normalized spacial score (nSPS) is 11.9. The van der Waals surface area contributed by atoms with E-state index in [1.807, 2.05) is 24.7 Å². The molecule has 0 saturated heterocycles. The highest BCUT2D eigenvalue weighted by atomic mass is 16.3. The number of hydrogen-bond donors (Lipinski definition) is 0. The van der Waals surface area contributed by atoms with Crippen LogP contribution in [0.25, 0.3) is 110 Å². The van der Waals surface area contributed by atoms with Gasteiger partial charge in [0.1, 0.15) is 11.2 Å².